The van der Waals surface area contributed by atoms with Crippen LogP contribution in [-0.2, 0) is 16.0 Å². The molecule has 0 aromatic heterocycles. The number of carbonyl (C=O) groups excluding carboxylic acids is 2. The van der Waals surface area contributed by atoms with Gasteiger partial charge >= 0.3 is 12.3 Å². The van der Waals surface area contributed by atoms with Crippen molar-refractivity contribution in [2.45, 2.75) is 63.0 Å². The molecule has 2 fully saturated rings. The Morgan fingerprint density at radius 2 is 1.71 bits per heavy atom. The van der Waals surface area contributed by atoms with Gasteiger partial charge in [-0.2, -0.15) is 0 Å². The van der Waals surface area contributed by atoms with E-state index in [1.807, 2.05) is 17.0 Å². The molecule has 204 valence electrons. The lowest BCUT2D eigenvalue weighted by atomic mass is 9.88. The van der Waals surface area contributed by atoms with Crippen molar-refractivity contribution < 1.29 is 37.4 Å². The fourth-order valence-electron chi connectivity index (χ4n) is 5.19. The number of benzene rings is 2. The topological polar surface area (TPSA) is 108 Å². The highest BCUT2D eigenvalue weighted by molar-refractivity contribution is 5.94. The smallest absolute Gasteiger partial charge is 0.481 e. The van der Waals surface area contributed by atoms with Crippen LogP contribution in [0.15, 0.2) is 48.5 Å². The van der Waals surface area contributed by atoms with Crippen molar-refractivity contribution in [3.63, 3.8) is 0 Å². The van der Waals surface area contributed by atoms with Gasteiger partial charge in [0.1, 0.15) is 11.8 Å². The molecule has 2 aromatic rings. The Morgan fingerprint density at radius 1 is 1.05 bits per heavy atom. The molecule has 1 heterocycles. The highest BCUT2D eigenvalue weighted by Crippen LogP contribution is 2.40. The minimum absolute atomic E-state index is 0.0430. The Kier molecular flexibility index (Phi) is 8.25. The Labute approximate surface area is 218 Å². The van der Waals surface area contributed by atoms with Crippen molar-refractivity contribution in [3.8, 4) is 5.75 Å². The van der Waals surface area contributed by atoms with E-state index in [0.29, 0.717) is 24.1 Å². The lowest BCUT2D eigenvalue weighted by molar-refractivity contribution is -0.274. The second-order valence-corrected chi connectivity index (χ2v) is 9.62. The molecule has 1 aliphatic heterocycles. The summed E-state index contributed by atoms with van der Waals surface area (Å²) in [5, 5.41) is 14.8. The first-order chi connectivity index (χ1) is 18.1. The molecular weight excluding hydrogens is 503 g/mol. The largest absolute Gasteiger partial charge is 0.573 e. The van der Waals surface area contributed by atoms with Gasteiger partial charge in [0.25, 0.3) is 5.91 Å². The molecule has 1 saturated heterocycles. The summed E-state index contributed by atoms with van der Waals surface area (Å²) in [6.45, 7) is 0.489. The maximum Gasteiger partial charge on any atom is 0.573 e. The highest BCUT2D eigenvalue weighted by atomic mass is 19.4. The Balaban J connectivity index is 1.43. The number of nitrogens with one attached hydrogen (secondary N) is 2. The number of ether oxygens (including phenoxy) is 1. The number of rotatable bonds is 9. The van der Waals surface area contributed by atoms with Gasteiger partial charge in [0.05, 0.1) is 12.1 Å². The van der Waals surface area contributed by atoms with Crippen LogP contribution in [0.4, 0.5) is 13.2 Å². The zero-order valence-corrected chi connectivity index (χ0v) is 20.7. The van der Waals surface area contributed by atoms with Gasteiger partial charge in [0.2, 0.25) is 5.91 Å². The molecule has 1 aliphatic carbocycles. The van der Waals surface area contributed by atoms with Crippen LogP contribution in [0.3, 0.4) is 0 Å². The van der Waals surface area contributed by atoms with Gasteiger partial charge in [-0.25, -0.2) is 0 Å². The molecule has 11 heteroatoms. The van der Waals surface area contributed by atoms with Gasteiger partial charge in [0, 0.05) is 18.7 Å². The third-order valence-corrected chi connectivity index (χ3v) is 7.04. The van der Waals surface area contributed by atoms with Crippen LogP contribution < -0.4 is 15.4 Å². The van der Waals surface area contributed by atoms with Crippen molar-refractivity contribution in [2.24, 2.45) is 0 Å². The summed E-state index contributed by atoms with van der Waals surface area (Å²) in [5.41, 5.74) is 1.42. The van der Waals surface area contributed by atoms with Crippen LogP contribution in [0.5, 0.6) is 5.75 Å². The number of nitrogens with zero attached hydrogens (tertiary/aromatic N) is 1. The monoisotopic (exact) mass is 533 g/mol. The van der Waals surface area contributed by atoms with Gasteiger partial charge in [-0.1, -0.05) is 30.7 Å². The van der Waals surface area contributed by atoms with E-state index < -0.39 is 24.0 Å². The summed E-state index contributed by atoms with van der Waals surface area (Å²) in [4.78, 5) is 38.2. The Hall–Kier alpha value is -3.60. The van der Waals surface area contributed by atoms with Gasteiger partial charge in [-0.15, -0.1) is 13.2 Å². The standard InChI is InChI=1S/C27H30F3N3O5/c28-27(29,30)38-21-10-8-19(9-11-21)23-25(37)33(26(32-23)14-2-1-3-15-26)17-13-18-4-6-20(7-5-18)24(36)31-16-12-22(34)35/h4-11,23,32H,1-3,12-17H2,(H,31,36)(H,34,35). The molecule has 8 nitrogen and oxygen atoms in total. The molecule has 2 amide bonds. The summed E-state index contributed by atoms with van der Waals surface area (Å²) in [5.74, 6) is -1.80. The molecule has 3 N–H and O–H groups in total. The lowest BCUT2D eigenvalue weighted by Crippen LogP contribution is -2.54. The molecule has 0 bridgehead atoms. The van der Waals surface area contributed by atoms with Gasteiger partial charge < -0.3 is 20.1 Å². The highest BCUT2D eigenvalue weighted by Gasteiger charge is 2.50. The van der Waals surface area contributed by atoms with E-state index in [2.05, 4.69) is 15.4 Å². The van der Waals surface area contributed by atoms with Crippen molar-refractivity contribution in [3.05, 3.63) is 65.2 Å². The van der Waals surface area contributed by atoms with Crippen LogP contribution in [0.2, 0.25) is 0 Å². The van der Waals surface area contributed by atoms with Crippen LogP contribution >= 0.6 is 0 Å². The number of alkyl halides is 3. The third-order valence-electron chi connectivity index (χ3n) is 7.04. The molecule has 2 aromatic carbocycles. The number of hydrogen-bond acceptors (Lipinski definition) is 5. The maximum absolute atomic E-state index is 13.6. The SMILES string of the molecule is O=C(O)CCNC(=O)c1ccc(CCN2C(=O)C(c3ccc(OC(F)(F)F)cc3)NC23CCCCC3)cc1. The molecule has 1 unspecified atom stereocenters. The Bertz CT molecular complexity index is 1150. The summed E-state index contributed by atoms with van der Waals surface area (Å²) in [7, 11) is 0. The van der Waals surface area contributed by atoms with Crippen LogP contribution in [0.25, 0.3) is 0 Å². The number of aliphatic carboxylic acids is 1. The molecule has 1 spiro atoms. The van der Waals surface area contributed by atoms with Gasteiger partial charge in [0.15, 0.2) is 0 Å². The second kappa shape index (κ2) is 11.4. The van der Waals surface area contributed by atoms with E-state index in [4.69, 9.17) is 5.11 Å². The fraction of sp³-hybridized carbons (Fsp3) is 0.444. The predicted molar refractivity (Wildman–Crippen MR) is 131 cm³/mol. The first kappa shape index (κ1) is 27.4. The number of carboxylic acid groups (broad SMARTS) is 1. The molecule has 1 atom stereocenters. The number of hydrogen-bond donors (Lipinski definition) is 3. The Morgan fingerprint density at radius 3 is 2.32 bits per heavy atom. The average Bonchev–Trinajstić information content (AvgIpc) is 3.13. The van der Waals surface area contributed by atoms with Crippen LogP contribution in [0.1, 0.15) is 66.1 Å². The van der Waals surface area contributed by atoms with E-state index >= 15 is 0 Å². The second-order valence-electron chi connectivity index (χ2n) is 9.62. The zero-order chi connectivity index (χ0) is 27.3. The summed E-state index contributed by atoms with van der Waals surface area (Å²) in [6, 6.07) is 11.7. The summed E-state index contributed by atoms with van der Waals surface area (Å²) in [6.07, 6.45) is 0.210. The molecule has 2 aliphatic rings. The maximum atomic E-state index is 13.6. The summed E-state index contributed by atoms with van der Waals surface area (Å²) >= 11 is 0. The number of amides is 2. The number of carboxylic acids is 1. The van der Waals surface area contributed by atoms with Gasteiger partial charge in [-0.05, 0) is 67.5 Å². The van der Waals surface area contributed by atoms with Crippen molar-refractivity contribution in [1.29, 1.82) is 0 Å². The minimum atomic E-state index is -4.78. The lowest BCUT2D eigenvalue weighted by Gasteiger charge is -2.41. The molecular formula is C27H30F3N3O5. The summed E-state index contributed by atoms with van der Waals surface area (Å²) < 4.78 is 41.5. The first-order valence-corrected chi connectivity index (χ1v) is 12.6. The zero-order valence-electron chi connectivity index (χ0n) is 20.7. The molecule has 1 saturated carbocycles. The van der Waals surface area contributed by atoms with E-state index in [0.717, 1.165) is 37.7 Å². The van der Waals surface area contributed by atoms with Gasteiger partial charge in [-0.3, -0.25) is 19.7 Å². The van der Waals surface area contributed by atoms with Crippen molar-refractivity contribution >= 4 is 17.8 Å². The fourth-order valence-corrected chi connectivity index (χ4v) is 5.19. The van der Waals surface area contributed by atoms with Crippen molar-refractivity contribution in [1.82, 2.24) is 15.5 Å². The average molecular weight is 534 g/mol. The minimum Gasteiger partial charge on any atom is -0.481 e. The normalized spacial score (nSPS) is 19.0. The van der Waals surface area contributed by atoms with Crippen molar-refractivity contribution in [2.75, 3.05) is 13.1 Å². The van der Waals surface area contributed by atoms with E-state index in [9.17, 15) is 27.6 Å². The van der Waals surface area contributed by atoms with Crippen LogP contribution in [-0.4, -0.2) is 52.9 Å². The molecule has 0 radical (unpaired) electrons. The molecule has 4 rings (SSSR count). The number of carbonyl (C=O) groups is 3. The first-order valence-electron chi connectivity index (χ1n) is 12.6. The van der Waals surface area contributed by atoms with Crippen LogP contribution in [0, 0.1) is 0 Å². The third kappa shape index (κ3) is 6.63. The quantitative estimate of drug-likeness (QED) is 0.447. The van der Waals surface area contributed by atoms with E-state index in [1.54, 1.807) is 12.1 Å². The predicted octanol–water partition coefficient (Wildman–Crippen LogP) is 4.17. The van der Waals surface area contributed by atoms with E-state index in [-0.39, 0.29) is 30.5 Å². The van der Waals surface area contributed by atoms with E-state index in [1.165, 1.54) is 24.3 Å². The molecule has 38 heavy (non-hydrogen) atoms. The number of halogens is 3.